The van der Waals surface area contributed by atoms with E-state index in [1.807, 2.05) is 6.20 Å². The number of alkyl halides is 3. The molecule has 0 aliphatic carbocycles. The normalized spacial score (nSPS) is 16.1. The van der Waals surface area contributed by atoms with Crippen LogP contribution >= 0.6 is 0 Å². The Labute approximate surface area is 150 Å². The standard InChI is InChI=1S/C19H22F3N3O/c1-2-17-23-8-11-25(17)13-14-6-9-24(10-7-14)18(26)15-4-3-5-16(12-15)19(20,21)22/h3-5,8,11-12,14H,2,6-7,9-10,13H2,1H3. The van der Waals surface area contributed by atoms with Gasteiger partial charge < -0.3 is 9.47 Å². The fourth-order valence-electron chi connectivity index (χ4n) is 3.43. The summed E-state index contributed by atoms with van der Waals surface area (Å²) in [6, 6.07) is 4.66. The molecular weight excluding hydrogens is 343 g/mol. The average Bonchev–Trinajstić information content (AvgIpc) is 3.08. The molecule has 1 amide bonds. The number of likely N-dealkylation sites (tertiary alicyclic amines) is 1. The Morgan fingerprint density at radius 1 is 1.27 bits per heavy atom. The number of nitrogens with zero attached hydrogens (tertiary/aromatic N) is 3. The van der Waals surface area contributed by atoms with Crippen LogP contribution in [0.5, 0.6) is 0 Å². The second-order valence-electron chi connectivity index (χ2n) is 6.66. The van der Waals surface area contributed by atoms with E-state index in [0.717, 1.165) is 43.8 Å². The minimum atomic E-state index is -4.44. The van der Waals surface area contributed by atoms with Crippen LogP contribution in [0.4, 0.5) is 13.2 Å². The van der Waals surface area contributed by atoms with Crippen LogP contribution in [0.15, 0.2) is 36.7 Å². The lowest BCUT2D eigenvalue weighted by Crippen LogP contribution is -2.39. The molecule has 26 heavy (non-hydrogen) atoms. The smallest absolute Gasteiger partial charge is 0.339 e. The number of carbonyl (C=O) groups is 1. The van der Waals surface area contributed by atoms with Crippen molar-refractivity contribution in [3.63, 3.8) is 0 Å². The van der Waals surface area contributed by atoms with Crippen molar-refractivity contribution < 1.29 is 18.0 Å². The van der Waals surface area contributed by atoms with E-state index < -0.39 is 11.7 Å². The molecule has 0 bridgehead atoms. The van der Waals surface area contributed by atoms with Crippen LogP contribution in [0, 0.1) is 5.92 Å². The molecular formula is C19H22F3N3O. The third-order valence-corrected chi connectivity index (χ3v) is 4.91. The molecule has 2 heterocycles. The predicted octanol–water partition coefficient (Wildman–Crippen LogP) is 4.02. The van der Waals surface area contributed by atoms with E-state index in [0.29, 0.717) is 19.0 Å². The number of piperidine rings is 1. The zero-order valence-corrected chi connectivity index (χ0v) is 14.7. The first-order valence-corrected chi connectivity index (χ1v) is 8.85. The highest BCUT2D eigenvalue weighted by Gasteiger charge is 2.32. The highest BCUT2D eigenvalue weighted by atomic mass is 19.4. The van der Waals surface area contributed by atoms with Crippen molar-refractivity contribution in [1.82, 2.24) is 14.5 Å². The molecule has 1 aliphatic heterocycles. The lowest BCUT2D eigenvalue weighted by atomic mass is 9.96. The Bertz CT molecular complexity index is 761. The van der Waals surface area contributed by atoms with Crippen molar-refractivity contribution >= 4 is 5.91 Å². The number of hydrogen-bond donors (Lipinski definition) is 0. The van der Waals surface area contributed by atoms with Crippen LogP contribution in [0.2, 0.25) is 0 Å². The van der Waals surface area contributed by atoms with Crippen LogP contribution < -0.4 is 0 Å². The summed E-state index contributed by atoms with van der Waals surface area (Å²) in [7, 11) is 0. The zero-order valence-electron chi connectivity index (χ0n) is 14.7. The first-order valence-electron chi connectivity index (χ1n) is 8.85. The van der Waals surface area contributed by atoms with Crippen LogP contribution in [0.25, 0.3) is 0 Å². The molecule has 2 aromatic rings. The van der Waals surface area contributed by atoms with E-state index in [9.17, 15) is 18.0 Å². The minimum Gasteiger partial charge on any atom is -0.339 e. The molecule has 3 rings (SSSR count). The van der Waals surface area contributed by atoms with Gasteiger partial charge in [0.1, 0.15) is 5.82 Å². The number of aryl methyl sites for hydroxylation is 1. The van der Waals surface area contributed by atoms with Crippen LogP contribution in [0.3, 0.4) is 0 Å². The topological polar surface area (TPSA) is 38.1 Å². The van der Waals surface area contributed by atoms with Crippen molar-refractivity contribution in [1.29, 1.82) is 0 Å². The summed E-state index contributed by atoms with van der Waals surface area (Å²) in [6.07, 6.45) is 1.88. The van der Waals surface area contributed by atoms with Crippen molar-refractivity contribution in [2.45, 2.75) is 38.9 Å². The van der Waals surface area contributed by atoms with Gasteiger partial charge >= 0.3 is 6.18 Å². The van der Waals surface area contributed by atoms with Gasteiger partial charge in [0.05, 0.1) is 5.56 Å². The molecule has 0 N–H and O–H groups in total. The monoisotopic (exact) mass is 365 g/mol. The first kappa shape index (κ1) is 18.5. The number of rotatable bonds is 4. The maximum atomic E-state index is 12.8. The molecule has 0 radical (unpaired) electrons. The summed E-state index contributed by atoms with van der Waals surface area (Å²) in [5.41, 5.74) is -0.688. The molecule has 0 spiro atoms. The van der Waals surface area contributed by atoms with Gasteiger partial charge in [-0.2, -0.15) is 13.2 Å². The molecule has 1 saturated heterocycles. The van der Waals surface area contributed by atoms with Gasteiger partial charge in [-0.15, -0.1) is 0 Å². The van der Waals surface area contributed by atoms with Crippen molar-refractivity contribution in [3.05, 3.63) is 53.6 Å². The fraction of sp³-hybridized carbons (Fsp3) is 0.474. The van der Waals surface area contributed by atoms with E-state index in [2.05, 4.69) is 16.5 Å². The number of imidazole rings is 1. The number of carbonyl (C=O) groups excluding carboxylic acids is 1. The molecule has 4 nitrogen and oxygen atoms in total. The van der Waals surface area contributed by atoms with Crippen LogP contribution in [-0.2, 0) is 19.1 Å². The largest absolute Gasteiger partial charge is 0.416 e. The third kappa shape index (κ3) is 4.08. The summed E-state index contributed by atoms with van der Waals surface area (Å²) in [5.74, 6) is 1.17. The molecule has 1 fully saturated rings. The first-order chi connectivity index (χ1) is 12.4. The van der Waals surface area contributed by atoms with Gasteiger partial charge in [0.15, 0.2) is 0 Å². The van der Waals surface area contributed by atoms with Gasteiger partial charge in [-0.1, -0.05) is 13.0 Å². The fourth-order valence-corrected chi connectivity index (χ4v) is 3.43. The maximum Gasteiger partial charge on any atom is 0.416 e. The van der Waals surface area contributed by atoms with Crippen molar-refractivity contribution in [3.8, 4) is 0 Å². The van der Waals surface area contributed by atoms with Gasteiger partial charge in [-0.25, -0.2) is 4.98 Å². The summed E-state index contributed by atoms with van der Waals surface area (Å²) in [4.78, 5) is 18.5. The highest BCUT2D eigenvalue weighted by molar-refractivity contribution is 5.94. The predicted molar refractivity (Wildman–Crippen MR) is 91.7 cm³/mol. The van der Waals surface area contributed by atoms with E-state index in [4.69, 9.17) is 0 Å². The number of benzene rings is 1. The lowest BCUT2D eigenvalue weighted by molar-refractivity contribution is -0.137. The zero-order chi connectivity index (χ0) is 18.7. The molecule has 7 heteroatoms. The van der Waals surface area contributed by atoms with Gasteiger partial charge in [-0.05, 0) is 37.0 Å². The number of aromatic nitrogens is 2. The van der Waals surface area contributed by atoms with Crippen molar-refractivity contribution in [2.24, 2.45) is 5.92 Å². The van der Waals surface area contributed by atoms with Gasteiger partial charge in [0, 0.05) is 44.0 Å². The van der Waals surface area contributed by atoms with Gasteiger partial charge in [0.25, 0.3) is 5.91 Å². The van der Waals surface area contributed by atoms with E-state index in [1.165, 1.54) is 12.1 Å². The number of halogens is 3. The Morgan fingerprint density at radius 2 is 2.00 bits per heavy atom. The molecule has 1 aromatic carbocycles. The highest BCUT2D eigenvalue weighted by Crippen LogP contribution is 2.30. The lowest BCUT2D eigenvalue weighted by Gasteiger charge is -2.32. The number of hydrogen-bond acceptors (Lipinski definition) is 2. The second kappa shape index (κ2) is 7.51. The third-order valence-electron chi connectivity index (χ3n) is 4.91. The van der Waals surface area contributed by atoms with Crippen LogP contribution in [0.1, 0.15) is 41.5 Å². The average molecular weight is 365 g/mol. The molecule has 1 aliphatic rings. The molecule has 140 valence electrons. The summed E-state index contributed by atoms with van der Waals surface area (Å²) in [6.45, 7) is 4.07. The Morgan fingerprint density at radius 3 is 2.65 bits per heavy atom. The number of amides is 1. The van der Waals surface area contributed by atoms with E-state index in [1.54, 1.807) is 11.1 Å². The van der Waals surface area contributed by atoms with Gasteiger partial charge in [-0.3, -0.25) is 4.79 Å². The second-order valence-corrected chi connectivity index (χ2v) is 6.66. The van der Waals surface area contributed by atoms with E-state index in [-0.39, 0.29) is 11.5 Å². The summed E-state index contributed by atoms with van der Waals surface area (Å²) >= 11 is 0. The molecule has 1 aromatic heterocycles. The van der Waals surface area contributed by atoms with Crippen LogP contribution in [-0.4, -0.2) is 33.4 Å². The SMILES string of the molecule is CCc1nccn1CC1CCN(C(=O)c2cccc(C(F)(F)F)c2)CC1. The Balaban J connectivity index is 1.60. The molecule has 0 saturated carbocycles. The summed E-state index contributed by atoms with van der Waals surface area (Å²) in [5, 5.41) is 0. The Hall–Kier alpha value is -2.31. The Kier molecular flexibility index (Phi) is 5.34. The van der Waals surface area contributed by atoms with Gasteiger partial charge in [0.2, 0.25) is 0 Å². The quantitative estimate of drug-likeness (QED) is 0.821. The molecule has 0 unspecified atom stereocenters. The molecule has 0 atom stereocenters. The maximum absolute atomic E-state index is 12.8. The summed E-state index contributed by atoms with van der Waals surface area (Å²) < 4.78 is 40.7. The minimum absolute atomic E-state index is 0.0983. The van der Waals surface area contributed by atoms with E-state index >= 15 is 0 Å². The van der Waals surface area contributed by atoms with Crippen molar-refractivity contribution in [2.75, 3.05) is 13.1 Å².